The molecule has 1 saturated carbocycles. The molecule has 0 bridgehead atoms. The normalized spacial score (nSPS) is 25.1. The van der Waals surface area contributed by atoms with Crippen molar-refractivity contribution in [1.82, 2.24) is 5.32 Å². The van der Waals surface area contributed by atoms with Gasteiger partial charge in [-0.1, -0.05) is 18.9 Å². The van der Waals surface area contributed by atoms with E-state index in [2.05, 4.69) is 5.32 Å². The summed E-state index contributed by atoms with van der Waals surface area (Å²) in [6.07, 6.45) is 4.17. The van der Waals surface area contributed by atoms with Crippen molar-refractivity contribution in [2.45, 2.75) is 37.8 Å². The van der Waals surface area contributed by atoms with Gasteiger partial charge in [0.15, 0.2) is 11.5 Å². The van der Waals surface area contributed by atoms with E-state index in [-0.39, 0.29) is 18.0 Å². The summed E-state index contributed by atoms with van der Waals surface area (Å²) >= 11 is 0. The van der Waals surface area contributed by atoms with Crippen LogP contribution in [0.2, 0.25) is 0 Å². The van der Waals surface area contributed by atoms with Gasteiger partial charge in [-0.05, 0) is 25.0 Å². The minimum atomic E-state index is -0.130. The maximum absolute atomic E-state index is 12.4. The summed E-state index contributed by atoms with van der Waals surface area (Å²) in [5.74, 6) is 1.05. The van der Waals surface area contributed by atoms with Crippen LogP contribution in [-0.2, 0) is 0 Å². The van der Waals surface area contributed by atoms with E-state index in [1.165, 1.54) is 0 Å². The van der Waals surface area contributed by atoms with Gasteiger partial charge in [0.05, 0.1) is 5.56 Å². The largest absolute Gasteiger partial charge is 0.486 e. The highest BCUT2D eigenvalue weighted by molar-refractivity contribution is 5.98. The Morgan fingerprint density at radius 1 is 1.20 bits per heavy atom. The van der Waals surface area contributed by atoms with Crippen molar-refractivity contribution in [2.75, 3.05) is 13.2 Å². The molecule has 2 unspecified atom stereocenters. The number of amides is 1. The predicted octanol–water partition coefficient (Wildman–Crippen LogP) is 1.46. The number of hydrogen-bond donors (Lipinski definition) is 2. The molecule has 2 atom stereocenters. The Labute approximate surface area is 118 Å². The molecule has 3 N–H and O–H groups in total. The third-order valence-corrected chi connectivity index (χ3v) is 3.95. The van der Waals surface area contributed by atoms with E-state index in [0.717, 1.165) is 25.7 Å². The fraction of sp³-hybridized carbons (Fsp3) is 0.533. The minimum Gasteiger partial charge on any atom is -0.486 e. The molecule has 108 valence electrons. The molecular formula is C15H20N2O3. The number of hydrogen-bond acceptors (Lipinski definition) is 4. The van der Waals surface area contributed by atoms with Gasteiger partial charge >= 0.3 is 0 Å². The van der Waals surface area contributed by atoms with Gasteiger partial charge in [0.25, 0.3) is 5.91 Å². The molecule has 1 amide bonds. The summed E-state index contributed by atoms with van der Waals surface area (Å²) in [5, 5.41) is 3.04. The number of ether oxygens (including phenoxy) is 2. The summed E-state index contributed by atoms with van der Waals surface area (Å²) in [6.45, 7) is 0.992. The van der Waals surface area contributed by atoms with Crippen molar-refractivity contribution in [3.63, 3.8) is 0 Å². The number of nitrogens with two attached hydrogens (primary N) is 1. The van der Waals surface area contributed by atoms with Gasteiger partial charge in [-0.15, -0.1) is 0 Å². The molecule has 1 fully saturated rings. The SMILES string of the molecule is NC1CCCCC1NC(=O)c1cccc2c1OCCO2. The molecule has 1 heterocycles. The summed E-state index contributed by atoms with van der Waals surface area (Å²) in [6, 6.07) is 5.49. The molecule has 1 aromatic carbocycles. The van der Waals surface area contributed by atoms with E-state index in [4.69, 9.17) is 15.2 Å². The maximum atomic E-state index is 12.4. The van der Waals surface area contributed by atoms with Gasteiger partial charge in [0.2, 0.25) is 0 Å². The number of fused-ring (bicyclic) bond motifs is 1. The van der Waals surface area contributed by atoms with Gasteiger partial charge in [0, 0.05) is 12.1 Å². The number of benzene rings is 1. The monoisotopic (exact) mass is 276 g/mol. The molecule has 3 rings (SSSR count). The third-order valence-electron chi connectivity index (χ3n) is 3.95. The molecule has 20 heavy (non-hydrogen) atoms. The maximum Gasteiger partial charge on any atom is 0.255 e. The van der Waals surface area contributed by atoms with Crippen LogP contribution in [-0.4, -0.2) is 31.2 Å². The first-order valence-corrected chi connectivity index (χ1v) is 7.21. The highest BCUT2D eigenvalue weighted by Crippen LogP contribution is 2.33. The average molecular weight is 276 g/mol. The quantitative estimate of drug-likeness (QED) is 0.857. The van der Waals surface area contributed by atoms with Crippen molar-refractivity contribution in [3.05, 3.63) is 23.8 Å². The Hall–Kier alpha value is -1.75. The van der Waals surface area contributed by atoms with Crippen LogP contribution in [0, 0.1) is 0 Å². The Morgan fingerprint density at radius 2 is 2.00 bits per heavy atom. The summed E-state index contributed by atoms with van der Waals surface area (Å²) in [4.78, 5) is 12.4. The fourth-order valence-corrected chi connectivity index (χ4v) is 2.84. The third kappa shape index (κ3) is 2.58. The van der Waals surface area contributed by atoms with Crippen LogP contribution < -0.4 is 20.5 Å². The van der Waals surface area contributed by atoms with E-state index in [0.29, 0.717) is 30.3 Å². The molecule has 5 nitrogen and oxygen atoms in total. The lowest BCUT2D eigenvalue weighted by atomic mass is 9.91. The van der Waals surface area contributed by atoms with Crippen molar-refractivity contribution >= 4 is 5.91 Å². The van der Waals surface area contributed by atoms with E-state index >= 15 is 0 Å². The van der Waals surface area contributed by atoms with Gasteiger partial charge < -0.3 is 20.5 Å². The second-order valence-corrected chi connectivity index (χ2v) is 5.36. The second-order valence-electron chi connectivity index (χ2n) is 5.36. The first-order chi connectivity index (χ1) is 9.75. The molecule has 1 aliphatic carbocycles. The minimum absolute atomic E-state index is 0.0457. The molecule has 2 aliphatic rings. The van der Waals surface area contributed by atoms with E-state index < -0.39 is 0 Å². The van der Waals surface area contributed by atoms with Crippen LogP contribution in [0.5, 0.6) is 11.5 Å². The van der Waals surface area contributed by atoms with E-state index in [9.17, 15) is 4.79 Å². The highest BCUT2D eigenvalue weighted by Gasteiger charge is 2.26. The second kappa shape index (κ2) is 5.71. The molecule has 1 aromatic rings. The zero-order valence-electron chi connectivity index (χ0n) is 11.4. The first kappa shape index (κ1) is 13.2. The number of nitrogens with one attached hydrogen (secondary N) is 1. The van der Waals surface area contributed by atoms with Crippen molar-refractivity contribution in [2.24, 2.45) is 5.73 Å². The Morgan fingerprint density at radius 3 is 2.85 bits per heavy atom. The topological polar surface area (TPSA) is 73.6 Å². The van der Waals surface area contributed by atoms with Crippen molar-refractivity contribution in [1.29, 1.82) is 0 Å². The van der Waals surface area contributed by atoms with Gasteiger partial charge in [-0.25, -0.2) is 0 Å². The lowest BCUT2D eigenvalue weighted by molar-refractivity contribution is 0.0910. The van der Waals surface area contributed by atoms with Crippen LogP contribution in [0.1, 0.15) is 36.0 Å². The Balaban J connectivity index is 1.77. The standard InChI is InChI=1S/C15H20N2O3/c16-11-5-1-2-6-12(11)17-15(18)10-4-3-7-13-14(10)20-9-8-19-13/h3-4,7,11-12H,1-2,5-6,8-9,16H2,(H,17,18). The molecule has 5 heteroatoms. The predicted molar refractivity (Wildman–Crippen MR) is 75.1 cm³/mol. The van der Waals surface area contributed by atoms with E-state index in [1.807, 2.05) is 12.1 Å². The number of carbonyl (C=O) groups excluding carboxylic acids is 1. The Bertz CT molecular complexity index is 504. The molecular weight excluding hydrogens is 256 g/mol. The van der Waals surface area contributed by atoms with Crippen molar-refractivity contribution in [3.8, 4) is 11.5 Å². The van der Waals surface area contributed by atoms with Crippen LogP contribution in [0.15, 0.2) is 18.2 Å². The molecule has 0 saturated heterocycles. The lowest BCUT2D eigenvalue weighted by Crippen LogP contribution is -2.49. The Kier molecular flexibility index (Phi) is 3.78. The zero-order valence-corrected chi connectivity index (χ0v) is 11.4. The average Bonchev–Trinajstić information content (AvgIpc) is 2.49. The summed E-state index contributed by atoms with van der Waals surface area (Å²) < 4.78 is 11.1. The molecule has 1 aliphatic heterocycles. The number of carbonyl (C=O) groups is 1. The molecule has 0 spiro atoms. The zero-order chi connectivity index (χ0) is 13.9. The lowest BCUT2D eigenvalue weighted by Gasteiger charge is -2.29. The number of para-hydroxylation sites is 1. The van der Waals surface area contributed by atoms with Crippen LogP contribution in [0.25, 0.3) is 0 Å². The van der Waals surface area contributed by atoms with Crippen LogP contribution >= 0.6 is 0 Å². The van der Waals surface area contributed by atoms with Gasteiger partial charge in [-0.2, -0.15) is 0 Å². The molecule has 0 radical (unpaired) electrons. The van der Waals surface area contributed by atoms with Crippen LogP contribution in [0.4, 0.5) is 0 Å². The summed E-state index contributed by atoms with van der Waals surface area (Å²) in [7, 11) is 0. The number of rotatable bonds is 2. The highest BCUT2D eigenvalue weighted by atomic mass is 16.6. The van der Waals surface area contributed by atoms with E-state index in [1.54, 1.807) is 6.07 Å². The van der Waals surface area contributed by atoms with Gasteiger partial charge in [0.1, 0.15) is 13.2 Å². The fourth-order valence-electron chi connectivity index (χ4n) is 2.84. The van der Waals surface area contributed by atoms with Crippen LogP contribution in [0.3, 0.4) is 0 Å². The summed E-state index contributed by atoms with van der Waals surface area (Å²) in [5.41, 5.74) is 6.60. The molecule has 0 aromatic heterocycles. The van der Waals surface area contributed by atoms with Gasteiger partial charge in [-0.3, -0.25) is 4.79 Å². The van der Waals surface area contributed by atoms with Crippen molar-refractivity contribution < 1.29 is 14.3 Å². The smallest absolute Gasteiger partial charge is 0.255 e. The first-order valence-electron chi connectivity index (χ1n) is 7.21.